The largest absolute Gasteiger partial charge is 0.296 e. The number of amides is 2. The lowest BCUT2D eigenvalue weighted by atomic mass is 9.50. The van der Waals surface area contributed by atoms with E-state index in [1.54, 1.807) is 0 Å². The lowest BCUT2D eigenvalue weighted by Gasteiger charge is -2.55. The van der Waals surface area contributed by atoms with Crippen molar-refractivity contribution < 1.29 is 9.59 Å². The number of imide groups is 1. The van der Waals surface area contributed by atoms with E-state index < -0.39 is 0 Å². The maximum Gasteiger partial charge on any atom is 0.230 e. The normalized spacial score (nSPS) is 35.2. The Morgan fingerprint density at radius 2 is 1.95 bits per heavy atom. The van der Waals surface area contributed by atoms with Gasteiger partial charge in [0.15, 0.2) is 0 Å². The molecule has 1 aliphatic heterocycles. The first kappa shape index (κ1) is 15.5. The molecule has 0 aromatic rings. The van der Waals surface area contributed by atoms with Crippen molar-refractivity contribution in [3.63, 3.8) is 0 Å². The molecule has 1 saturated carbocycles. The van der Waals surface area contributed by atoms with E-state index >= 15 is 0 Å². The van der Waals surface area contributed by atoms with Gasteiger partial charge in [-0.3, -0.25) is 14.9 Å². The molecule has 3 atom stereocenters. The van der Waals surface area contributed by atoms with Crippen LogP contribution in [0.2, 0.25) is 0 Å². The van der Waals surface area contributed by atoms with Crippen LogP contribution in [0.5, 0.6) is 0 Å². The molecule has 1 N–H and O–H groups in total. The van der Waals surface area contributed by atoms with Crippen molar-refractivity contribution >= 4 is 11.8 Å². The number of carbonyl (C=O) groups is 2. The standard InChI is InChI=1S/C17H29NO2/c1-5-8-12-15(20)18-14(19)11-17(12)10-7-6-9-13(17)16(2,3)4/h12-13H,5-11H2,1-4H3,(H,18,19,20). The smallest absolute Gasteiger partial charge is 0.230 e. The van der Waals surface area contributed by atoms with Crippen LogP contribution in [0.1, 0.15) is 72.6 Å². The van der Waals surface area contributed by atoms with Gasteiger partial charge in [0.25, 0.3) is 0 Å². The van der Waals surface area contributed by atoms with Crippen molar-refractivity contribution in [1.29, 1.82) is 0 Å². The van der Waals surface area contributed by atoms with E-state index in [-0.39, 0.29) is 28.6 Å². The first-order chi connectivity index (χ1) is 9.31. The van der Waals surface area contributed by atoms with Crippen molar-refractivity contribution in [2.75, 3.05) is 0 Å². The molecular formula is C17H29NO2. The lowest BCUT2D eigenvalue weighted by molar-refractivity contribution is -0.153. The molecule has 1 saturated heterocycles. The van der Waals surface area contributed by atoms with Crippen LogP contribution in [-0.4, -0.2) is 11.8 Å². The zero-order valence-corrected chi connectivity index (χ0v) is 13.4. The van der Waals surface area contributed by atoms with Crippen molar-refractivity contribution in [2.24, 2.45) is 22.7 Å². The topological polar surface area (TPSA) is 46.2 Å². The second kappa shape index (κ2) is 5.50. The van der Waals surface area contributed by atoms with Crippen molar-refractivity contribution in [3.05, 3.63) is 0 Å². The van der Waals surface area contributed by atoms with Gasteiger partial charge in [0.2, 0.25) is 11.8 Å². The van der Waals surface area contributed by atoms with Crippen molar-refractivity contribution in [3.8, 4) is 0 Å². The molecule has 1 heterocycles. The molecule has 20 heavy (non-hydrogen) atoms. The van der Waals surface area contributed by atoms with Gasteiger partial charge in [-0.1, -0.05) is 47.0 Å². The van der Waals surface area contributed by atoms with E-state index in [4.69, 9.17) is 0 Å². The van der Waals surface area contributed by atoms with Crippen molar-refractivity contribution in [2.45, 2.75) is 72.6 Å². The average molecular weight is 279 g/mol. The van der Waals surface area contributed by atoms with Crippen LogP contribution < -0.4 is 5.32 Å². The first-order valence-electron chi connectivity index (χ1n) is 8.15. The highest BCUT2D eigenvalue weighted by atomic mass is 16.2. The van der Waals surface area contributed by atoms with E-state index in [1.807, 2.05) is 0 Å². The average Bonchev–Trinajstić information content (AvgIpc) is 2.33. The van der Waals surface area contributed by atoms with Gasteiger partial charge in [-0.15, -0.1) is 0 Å². The molecule has 0 radical (unpaired) electrons. The van der Waals surface area contributed by atoms with Crippen LogP contribution in [0.3, 0.4) is 0 Å². The number of nitrogens with one attached hydrogen (secondary N) is 1. The lowest BCUT2D eigenvalue weighted by Crippen LogP contribution is -2.58. The van der Waals surface area contributed by atoms with Crippen LogP contribution in [-0.2, 0) is 9.59 Å². The molecule has 2 aliphatic rings. The van der Waals surface area contributed by atoms with E-state index in [0.717, 1.165) is 32.1 Å². The number of carbonyl (C=O) groups excluding carboxylic acids is 2. The highest BCUT2D eigenvalue weighted by molar-refractivity contribution is 5.99. The third kappa shape index (κ3) is 2.64. The molecule has 0 bridgehead atoms. The Labute approximate surface area is 122 Å². The molecule has 1 spiro atoms. The zero-order chi connectivity index (χ0) is 15.0. The van der Waals surface area contributed by atoms with Gasteiger partial charge in [0.05, 0.1) is 0 Å². The Morgan fingerprint density at radius 1 is 1.25 bits per heavy atom. The minimum Gasteiger partial charge on any atom is -0.296 e. The number of hydrogen-bond donors (Lipinski definition) is 1. The highest BCUT2D eigenvalue weighted by Gasteiger charge is 2.55. The molecule has 2 amide bonds. The third-order valence-corrected chi connectivity index (χ3v) is 5.46. The molecule has 0 aromatic heterocycles. The van der Waals surface area contributed by atoms with Crippen LogP contribution in [0.25, 0.3) is 0 Å². The molecule has 114 valence electrons. The van der Waals surface area contributed by atoms with E-state index in [0.29, 0.717) is 12.3 Å². The van der Waals surface area contributed by atoms with Gasteiger partial charge >= 0.3 is 0 Å². The molecule has 3 unspecified atom stereocenters. The Hall–Kier alpha value is -0.860. The molecule has 3 nitrogen and oxygen atoms in total. The molecule has 2 fully saturated rings. The molecule has 1 aliphatic carbocycles. The Balaban J connectivity index is 2.43. The zero-order valence-electron chi connectivity index (χ0n) is 13.4. The molecule has 2 rings (SSSR count). The van der Waals surface area contributed by atoms with Gasteiger partial charge < -0.3 is 0 Å². The molecular weight excluding hydrogens is 250 g/mol. The summed E-state index contributed by atoms with van der Waals surface area (Å²) in [4.78, 5) is 24.4. The maximum atomic E-state index is 12.4. The van der Waals surface area contributed by atoms with Crippen LogP contribution in [0.15, 0.2) is 0 Å². The van der Waals surface area contributed by atoms with E-state index in [2.05, 4.69) is 33.0 Å². The Bertz CT molecular complexity index is 396. The Morgan fingerprint density at radius 3 is 2.55 bits per heavy atom. The number of hydrogen-bond acceptors (Lipinski definition) is 2. The minimum atomic E-state index is -0.0913. The summed E-state index contributed by atoms with van der Waals surface area (Å²) in [5.41, 5.74) is 0.0657. The summed E-state index contributed by atoms with van der Waals surface area (Å²) < 4.78 is 0. The predicted molar refractivity (Wildman–Crippen MR) is 80.0 cm³/mol. The molecule has 0 aromatic carbocycles. The van der Waals surface area contributed by atoms with Gasteiger partial charge in [0, 0.05) is 12.3 Å². The second-order valence-electron chi connectivity index (χ2n) is 7.83. The minimum absolute atomic E-state index is 0.0146. The summed E-state index contributed by atoms with van der Waals surface area (Å²) in [6.45, 7) is 8.94. The fourth-order valence-electron chi connectivity index (χ4n) is 4.85. The highest BCUT2D eigenvalue weighted by Crippen LogP contribution is 2.57. The fraction of sp³-hybridized carbons (Fsp3) is 0.882. The van der Waals surface area contributed by atoms with Gasteiger partial charge in [0.1, 0.15) is 0 Å². The second-order valence-corrected chi connectivity index (χ2v) is 7.83. The summed E-state index contributed by atoms with van der Waals surface area (Å²) >= 11 is 0. The fourth-order valence-corrected chi connectivity index (χ4v) is 4.85. The summed E-state index contributed by atoms with van der Waals surface area (Å²) in [7, 11) is 0. The number of rotatable bonds is 2. The quantitative estimate of drug-likeness (QED) is 0.784. The van der Waals surface area contributed by atoms with E-state index in [9.17, 15) is 9.59 Å². The third-order valence-electron chi connectivity index (χ3n) is 5.46. The summed E-state index contributed by atoms with van der Waals surface area (Å²) in [6, 6.07) is 0. The first-order valence-corrected chi connectivity index (χ1v) is 8.15. The summed E-state index contributed by atoms with van der Waals surface area (Å²) in [6.07, 6.45) is 7.05. The maximum absolute atomic E-state index is 12.4. The van der Waals surface area contributed by atoms with E-state index in [1.165, 1.54) is 6.42 Å². The number of piperidine rings is 1. The van der Waals surface area contributed by atoms with Crippen LogP contribution >= 0.6 is 0 Å². The van der Waals surface area contributed by atoms with Crippen molar-refractivity contribution in [1.82, 2.24) is 5.32 Å². The van der Waals surface area contributed by atoms with Crippen LogP contribution in [0.4, 0.5) is 0 Å². The van der Waals surface area contributed by atoms with Gasteiger partial charge in [-0.2, -0.15) is 0 Å². The van der Waals surface area contributed by atoms with Gasteiger partial charge in [-0.25, -0.2) is 0 Å². The monoisotopic (exact) mass is 279 g/mol. The van der Waals surface area contributed by atoms with Gasteiger partial charge in [-0.05, 0) is 36.0 Å². The Kier molecular flexibility index (Phi) is 4.27. The van der Waals surface area contributed by atoms with Crippen LogP contribution in [0, 0.1) is 22.7 Å². The predicted octanol–water partition coefficient (Wildman–Crippen LogP) is 3.67. The summed E-state index contributed by atoms with van der Waals surface area (Å²) in [5.74, 6) is 0.419. The summed E-state index contributed by atoms with van der Waals surface area (Å²) in [5, 5.41) is 2.58. The molecule has 3 heteroatoms. The SMILES string of the molecule is CCCC1C(=O)NC(=O)CC12CCCCC2C(C)(C)C.